The number of thioether (sulfide) groups is 1. The number of hydrogen-bond acceptors (Lipinski definition) is 3. The van der Waals surface area contributed by atoms with E-state index < -0.39 is 0 Å². The molecule has 0 saturated heterocycles. The summed E-state index contributed by atoms with van der Waals surface area (Å²) >= 11 is 1.88. The summed E-state index contributed by atoms with van der Waals surface area (Å²) in [5.41, 5.74) is 19.9. The molecule has 2 aliphatic carbocycles. The Kier molecular flexibility index (Phi) is 7.33. The fraction of sp³-hybridized carbons (Fsp3) is 0.185. The van der Waals surface area contributed by atoms with E-state index in [4.69, 9.17) is 4.42 Å². The molecule has 57 heavy (non-hydrogen) atoms. The molecule has 278 valence electrons. The number of hydrogen-bond donors (Lipinski definition) is 0. The summed E-state index contributed by atoms with van der Waals surface area (Å²) < 4.78 is 6.65. The zero-order valence-corrected chi connectivity index (χ0v) is 34.5. The predicted octanol–water partition coefficient (Wildman–Crippen LogP) is 15.5. The molecule has 0 N–H and O–H groups in total. The first-order valence-corrected chi connectivity index (χ1v) is 21.5. The number of nitrogens with zero attached hydrogens (tertiary/aromatic N) is 1. The van der Waals surface area contributed by atoms with Crippen LogP contribution < -0.4 is 4.90 Å². The first-order valence-electron chi connectivity index (χ1n) is 20.1. The van der Waals surface area contributed by atoms with Crippen molar-refractivity contribution in [3.63, 3.8) is 0 Å². The van der Waals surface area contributed by atoms with Gasteiger partial charge < -0.3 is 9.32 Å². The fourth-order valence-electron chi connectivity index (χ4n) is 10.2. The van der Waals surface area contributed by atoms with Crippen molar-refractivity contribution in [3.8, 4) is 22.3 Å². The Morgan fingerprint density at radius 1 is 0.526 bits per heavy atom. The van der Waals surface area contributed by atoms with Gasteiger partial charge in [-0.15, -0.1) is 0 Å². The molecule has 2 nitrogen and oxygen atoms in total. The summed E-state index contributed by atoms with van der Waals surface area (Å²) in [4.78, 5) is 2.40. The smallest absolute Gasteiger partial charge is 0.159 e. The molecule has 0 saturated carbocycles. The van der Waals surface area contributed by atoms with Gasteiger partial charge in [-0.2, -0.15) is 11.8 Å². The van der Waals surface area contributed by atoms with Gasteiger partial charge in [0.2, 0.25) is 0 Å². The predicted molar refractivity (Wildman–Crippen MR) is 245 cm³/mol. The lowest BCUT2D eigenvalue weighted by atomic mass is 9.79. The maximum Gasteiger partial charge on any atom is 0.159 e. The van der Waals surface area contributed by atoms with E-state index in [-0.39, 0.29) is 10.8 Å². The normalized spacial score (nSPS) is 14.6. The second kappa shape index (κ2) is 12.1. The number of rotatable bonds is 5. The van der Waals surface area contributed by atoms with Gasteiger partial charge in [0, 0.05) is 38.7 Å². The lowest BCUT2D eigenvalue weighted by molar-refractivity contribution is 0.653. The highest BCUT2D eigenvalue weighted by atomic mass is 32.2. The maximum absolute atomic E-state index is 6.65. The summed E-state index contributed by atoms with van der Waals surface area (Å²) in [6.07, 6.45) is 2.18. The average Bonchev–Trinajstić information content (AvgIpc) is 3.77. The molecule has 0 bridgehead atoms. The van der Waals surface area contributed by atoms with Crippen molar-refractivity contribution in [1.29, 1.82) is 0 Å². The molecule has 3 heteroatoms. The summed E-state index contributed by atoms with van der Waals surface area (Å²) in [6.45, 7) is 14.0. The third kappa shape index (κ3) is 4.98. The van der Waals surface area contributed by atoms with Crippen LogP contribution in [0.4, 0.5) is 17.1 Å². The molecule has 0 atom stereocenters. The van der Waals surface area contributed by atoms with Crippen molar-refractivity contribution in [3.05, 3.63) is 172 Å². The monoisotopic (exact) mass is 755 g/mol. The number of aryl methyl sites for hydroxylation is 2. The summed E-state index contributed by atoms with van der Waals surface area (Å²) in [6, 6.07) is 50.5. The van der Waals surface area contributed by atoms with Gasteiger partial charge in [-0.05, 0) is 170 Å². The maximum atomic E-state index is 6.65. The van der Waals surface area contributed by atoms with E-state index in [0.29, 0.717) is 0 Å². The van der Waals surface area contributed by atoms with Crippen molar-refractivity contribution in [2.75, 3.05) is 11.2 Å². The van der Waals surface area contributed by atoms with E-state index in [1.54, 1.807) is 0 Å². The molecule has 0 radical (unpaired) electrons. The van der Waals surface area contributed by atoms with Crippen LogP contribution in [0.3, 0.4) is 0 Å². The number of anilines is 3. The number of benzene rings is 8. The lowest BCUT2D eigenvalue weighted by Gasteiger charge is -2.28. The fourth-order valence-corrected chi connectivity index (χ4v) is 10.7. The SMILES string of the molecule is CSCc1ccc2cc3c(cc2c1)-c1cc2c(cc1C3(C)C)-c1cc3ccc(N(c4cc(C)ccc4C)c4cccc5c4oc4ccccc45)cc3cc1C2(C)C. The van der Waals surface area contributed by atoms with Gasteiger partial charge in [0.15, 0.2) is 5.58 Å². The number of fused-ring (bicyclic) bond motifs is 11. The van der Waals surface area contributed by atoms with E-state index in [0.717, 1.165) is 44.8 Å². The van der Waals surface area contributed by atoms with E-state index in [1.165, 1.54) is 82.7 Å². The van der Waals surface area contributed by atoms with Crippen LogP contribution in [0.15, 0.2) is 138 Å². The van der Waals surface area contributed by atoms with Crippen LogP contribution in [-0.4, -0.2) is 6.26 Å². The van der Waals surface area contributed by atoms with Crippen LogP contribution >= 0.6 is 11.8 Å². The highest BCUT2D eigenvalue weighted by molar-refractivity contribution is 7.97. The van der Waals surface area contributed by atoms with Gasteiger partial charge in [-0.3, -0.25) is 0 Å². The van der Waals surface area contributed by atoms with Crippen molar-refractivity contribution in [1.82, 2.24) is 0 Å². The Morgan fingerprint density at radius 2 is 1.14 bits per heavy atom. The molecule has 0 unspecified atom stereocenters. The summed E-state index contributed by atoms with van der Waals surface area (Å²) in [5, 5.41) is 7.42. The van der Waals surface area contributed by atoms with Crippen molar-refractivity contribution >= 4 is 72.3 Å². The van der Waals surface area contributed by atoms with E-state index in [2.05, 4.69) is 180 Å². The number of para-hydroxylation sites is 2. The zero-order chi connectivity index (χ0) is 39.0. The van der Waals surface area contributed by atoms with Gasteiger partial charge in [0.05, 0.1) is 5.69 Å². The van der Waals surface area contributed by atoms with Gasteiger partial charge in [-0.1, -0.05) is 94.4 Å². The Hall–Kier alpha value is -5.77. The quantitative estimate of drug-likeness (QED) is 0.174. The van der Waals surface area contributed by atoms with Crippen molar-refractivity contribution in [2.45, 2.75) is 58.1 Å². The van der Waals surface area contributed by atoms with E-state index in [9.17, 15) is 0 Å². The van der Waals surface area contributed by atoms with Gasteiger partial charge in [0.1, 0.15) is 5.58 Å². The van der Waals surface area contributed by atoms with Crippen LogP contribution in [0.2, 0.25) is 0 Å². The molecule has 1 heterocycles. The first-order chi connectivity index (χ1) is 27.5. The Bertz CT molecular complexity index is 3180. The largest absolute Gasteiger partial charge is 0.454 e. The molecule has 0 fully saturated rings. The van der Waals surface area contributed by atoms with Crippen LogP contribution in [-0.2, 0) is 16.6 Å². The second-order valence-corrected chi connectivity index (χ2v) is 18.4. The minimum atomic E-state index is -0.161. The molecule has 2 aliphatic rings. The number of furan rings is 1. The highest BCUT2D eigenvalue weighted by Gasteiger charge is 2.42. The van der Waals surface area contributed by atoms with Crippen LogP contribution in [0.5, 0.6) is 0 Å². The third-order valence-electron chi connectivity index (χ3n) is 13.2. The lowest BCUT2D eigenvalue weighted by Crippen LogP contribution is -2.17. The zero-order valence-electron chi connectivity index (χ0n) is 33.7. The van der Waals surface area contributed by atoms with Gasteiger partial charge in [-0.25, -0.2) is 0 Å². The Labute approximate surface area is 339 Å². The second-order valence-electron chi connectivity index (χ2n) is 17.5. The van der Waals surface area contributed by atoms with Crippen LogP contribution in [0.25, 0.3) is 65.7 Å². The van der Waals surface area contributed by atoms with Gasteiger partial charge in [0.25, 0.3) is 0 Å². The first kappa shape index (κ1) is 34.5. The molecular formula is C54H45NOS. The molecule has 0 spiro atoms. The van der Waals surface area contributed by atoms with E-state index in [1.807, 2.05) is 17.8 Å². The molecule has 11 rings (SSSR count). The molecule has 8 aromatic carbocycles. The Morgan fingerprint density at radius 3 is 1.89 bits per heavy atom. The summed E-state index contributed by atoms with van der Waals surface area (Å²) in [5.74, 6) is 1.03. The standard InChI is InChI=1S/C54H45NOS/c1-31-15-16-32(2)50(21-31)55(49-13-10-12-40-39-11-8-9-14-51(39)56-52(40)49)38-20-19-34-24-41-43-28-48-44(29-47(43)54(5,6)46(41)27-37(34)23-38)42-25-36-22-33(30-57-7)17-18-35(36)26-45(42)53(48,3)4/h8-29H,30H2,1-7H3. The Balaban J connectivity index is 1.07. The molecular weight excluding hydrogens is 711 g/mol. The van der Waals surface area contributed by atoms with E-state index >= 15 is 0 Å². The topological polar surface area (TPSA) is 16.4 Å². The average molecular weight is 756 g/mol. The summed E-state index contributed by atoms with van der Waals surface area (Å²) in [7, 11) is 0. The molecule has 1 aromatic heterocycles. The minimum absolute atomic E-state index is 0.0927. The molecule has 0 aliphatic heterocycles. The van der Waals surface area contributed by atoms with Crippen LogP contribution in [0.1, 0.15) is 66.6 Å². The van der Waals surface area contributed by atoms with Crippen molar-refractivity contribution in [2.24, 2.45) is 0 Å². The van der Waals surface area contributed by atoms with Crippen LogP contribution in [0, 0.1) is 13.8 Å². The minimum Gasteiger partial charge on any atom is -0.454 e. The van der Waals surface area contributed by atoms with Crippen molar-refractivity contribution < 1.29 is 4.42 Å². The third-order valence-corrected chi connectivity index (χ3v) is 13.9. The molecule has 0 amide bonds. The highest BCUT2D eigenvalue weighted by Crippen LogP contribution is 2.57. The molecule has 9 aromatic rings. The van der Waals surface area contributed by atoms with Gasteiger partial charge >= 0.3 is 0 Å².